The summed E-state index contributed by atoms with van der Waals surface area (Å²) in [5, 5.41) is 3.71. The van der Waals surface area contributed by atoms with Crippen molar-refractivity contribution in [1.29, 1.82) is 0 Å². The Morgan fingerprint density at radius 1 is 1.35 bits per heavy atom. The molecule has 6 nitrogen and oxygen atoms in total. The molecule has 1 N–H and O–H groups in total. The van der Waals surface area contributed by atoms with Crippen LogP contribution in [0.2, 0.25) is 5.15 Å². The van der Waals surface area contributed by atoms with Crippen molar-refractivity contribution in [2.75, 3.05) is 0 Å². The molecule has 20 heavy (non-hydrogen) atoms. The van der Waals surface area contributed by atoms with Crippen molar-refractivity contribution in [3.8, 4) is 0 Å². The van der Waals surface area contributed by atoms with Crippen LogP contribution in [0, 0.1) is 19.7 Å². The summed E-state index contributed by atoms with van der Waals surface area (Å²) >= 11 is 5.39. The lowest BCUT2D eigenvalue weighted by molar-refractivity contribution is 0.480. The maximum absolute atomic E-state index is 13.3. The minimum Gasteiger partial charge on any atom is -0.295 e. The van der Waals surface area contributed by atoms with Crippen molar-refractivity contribution in [3.63, 3.8) is 0 Å². The second-order valence-corrected chi connectivity index (χ2v) is 4.90. The van der Waals surface area contributed by atoms with Gasteiger partial charge in [-0.05, 0) is 26.3 Å². The highest BCUT2D eigenvalue weighted by Gasteiger charge is 2.12. The molecule has 0 unspecified atom stereocenters. The van der Waals surface area contributed by atoms with Gasteiger partial charge in [-0.25, -0.2) is 4.79 Å². The van der Waals surface area contributed by atoms with E-state index in [-0.39, 0.29) is 6.54 Å². The Kier molecular flexibility index (Phi) is 4.08. The summed E-state index contributed by atoms with van der Waals surface area (Å²) in [4.78, 5) is 25.2. The minimum atomic E-state index is -1.14. The summed E-state index contributed by atoms with van der Waals surface area (Å²) in [5.41, 5.74) is 0.169. The molecular formula is C12H14ClFN4O2. The summed E-state index contributed by atoms with van der Waals surface area (Å²) in [6.07, 6.45) is 0.478. The third kappa shape index (κ3) is 2.82. The van der Waals surface area contributed by atoms with Gasteiger partial charge in [-0.1, -0.05) is 11.6 Å². The molecule has 2 aromatic heterocycles. The van der Waals surface area contributed by atoms with Gasteiger partial charge in [-0.3, -0.25) is 19.0 Å². The normalized spacial score (nSPS) is 11.0. The molecule has 2 aromatic rings. The van der Waals surface area contributed by atoms with Gasteiger partial charge in [0.15, 0.2) is 5.15 Å². The molecule has 0 spiro atoms. The smallest absolute Gasteiger partial charge is 0.295 e. The molecule has 0 atom stereocenters. The molecule has 0 saturated heterocycles. The molecular weight excluding hydrogens is 287 g/mol. The SMILES string of the molecule is Cc1cc(C)n(CCCn2c(=O)[nH]c(Cl)c(F)c2=O)n1. The first-order valence-electron chi connectivity index (χ1n) is 6.09. The fraction of sp³-hybridized carbons (Fsp3) is 0.417. The molecule has 2 heterocycles. The molecule has 0 aromatic carbocycles. The van der Waals surface area contributed by atoms with Crippen LogP contribution in [0.25, 0.3) is 0 Å². The number of halogens is 2. The molecule has 0 aliphatic rings. The Hall–Kier alpha value is -1.89. The number of aryl methyl sites for hydroxylation is 3. The van der Waals surface area contributed by atoms with Gasteiger partial charge in [-0.2, -0.15) is 9.49 Å². The van der Waals surface area contributed by atoms with Gasteiger partial charge in [0.05, 0.1) is 5.69 Å². The summed E-state index contributed by atoms with van der Waals surface area (Å²) in [7, 11) is 0. The van der Waals surface area contributed by atoms with Crippen molar-refractivity contribution < 1.29 is 4.39 Å². The zero-order valence-corrected chi connectivity index (χ0v) is 11.9. The van der Waals surface area contributed by atoms with E-state index in [1.54, 1.807) is 4.68 Å². The highest BCUT2D eigenvalue weighted by Crippen LogP contribution is 2.04. The lowest BCUT2D eigenvalue weighted by atomic mass is 10.4. The number of hydrogen-bond acceptors (Lipinski definition) is 3. The van der Waals surface area contributed by atoms with E-state index in [1.807, 2.05) is 19.9 Å². The molecule has 0 aliphatic heterocycles. The second kappa shape index (κ2) is 5.62. The Labute approximate surface area is 118 Å². The molecule has 0 amide bonds. The van der Waals surface area contributed by atoms with Crippen LogP contribution in [0.3, 0.4) is 0 Å². The van der Waals surface area contributed by atoms with E-state index in [1.165, 1.54) is 0 Å². The van der Waals surface area contributed by atoms with E-state index in [0.29, 0.717) is 13.0 Å². The van der Waals surface area contributed by atoms with Crippen molar-refractivity contribution in [2.24, 2.45) is 0 Å². The lowest BCUT2D eigenvalue weighted by Crippen LogP contribution is -2.37. The summed E-state index contributed by atoms with van der Waals surface area (Å²) in [6, 6.07) is 1.93. The van der Waals surface area contributed by atoms with Crippen LogP contribution in [-0.4, -0.2) is 19.3 Å². The third-order valence-corrected chi connectivity index (χ3v) is 3.20. The first kappa shape index (κ1) is 14.5. The maximum atomic E-state index is 13.3. The topological polar surface area (TPSA) is 72.7 Å². The van der Waals surface area contributed by atoms with Gasteiger partial charge in [0, 0.05) is 18.8 Å². The van der Waals surface area contributed by atoms with Crippen molar-refractivity contribution in [2.45, 2.75) is 33.4 Å². The predicted molar refractivity (Wildman–Crippen MR) is 72.6 cm³/mol. The first-order chi connectivity index (χ1) is 9.40. The summed E-state index contributed by atoms with van der Waals surface area (Å²) in [6.45, 7) is 4.44. The number of H-pyrrole nitrogens is 1. The van der Waals surface area contributed by atoms with E-state index in [9.17, 15) is 14.0 Å². The monoisotopic (exact) mass is 300 g/mol. The number of rotatable bonds is 4. The average molecular weight is 301 g/mol. The van der Waals surface area contributed by atoms with E-state index in [2.05, 4.69) is 10.1 Å². The van der Waals surface area contributed by atoms with Crippen molar-refractivity contribution >= 4 is 11.6 Å². The predicted octanol–water partition coefficient (Wildman–Crippen LogP) is 1.23. The number of nitrogens with zero attached hydrogens (tertiary/aromatic N) is 3. The zero-order valence-electron chi connectivity index (χ0n) is 11.1. The Morgan fingerprint density at radius 2 is 2.05 bits per heavy atom. The van der Waals surface area contributed by atoms with Gasteiger partial charge in [-0.15, -0.1) is 0 Å². The van der Waals surface area contributed by atoms with Crippen LogP contribution >= 0.6 is 11.6 Å². The molecule has 0 aliphatic carbocycles. The second-order valence-electron chi connectivity index (χ2n) is 4.52. The van der Waals surface area contributed by atoms with Gasteiger partial charge < -0.3 is 0 Å². The van der Waals surface area contributed by atoms with Crippen molar-refractivity contribution in [1.82, 2.24) is 19.3 Å². The standard InChI is InChI=1S/C12H14ClFN4O2/c1-7-6-8(2)18(16-7)5-3-4-17-11(19)9(14)10(13)15-12(17)20/h6H,3-5H2,1-2H3,(H,15,20). The van der Waals surface area contributed by atoms with Crippen LogP contribution in [0.1, 0.15) is 17.8 Å². The summed E-state index contributed by atoms with van der Waals surface area (Å²) < 4.78 is 15.9. The van der Waals surface area contributed by atoms with Crippen LogP contribution in [0.4, 0.5) is 4.39 Å². The van der Waals surface area contributed by atoms with Crippen LogP contribution < -0.4 is 11.2 Å². The quantitative estimate of drug-likeness (QED) is 0.863. The number of nitrogens with one attached hydrogen (secondary N) is 1. The number of hydrogen-bond donors (Lipinski definition) is 1. The zero-order chi connectivity index (χ0) is 14.9. The van der Waals surface area contributed by atoms with Gasteiger partial charge in [0.25, 0.3) is 5.56 Å². The number of aromatic amines is 1. The molecule has 0 radical (unpaired) electrons. The molecule has 0 fully saturated rings. The number of aromatic nitrogens is 4. The molecule has 108 valence electrons. The fourth-order valence-corrected chi connectivity index (χ4v) is 2.17. The van der Waals surface area contributed by atoms with Crippen molar-refractivity contribution in [3.05, 3.63) is 49.3 Å². The molecule has 0 bridgehead atoms. The molecule has 8 heteroatoms. The van der Waals surface area contributed by atoms with E-state index in [4.69, 9.17) is 11.6 Å². The highest BCUT2D eigenvalue weighted by molar-refractivity contribution is 6.29. The van der Waals surface area contributed by atoms with E-state index in [0.717, 1.165) is 16.0 Å². The Morgan fingerprint density at radius 3 is 2.65 bits per heavy atom. The largest absolute Gasteiger partial charge is 0.329 e. The fourth-order valence-electron chi connectivity index (χ4n) is 2.00. The maximum Gasteiger partial charge on any atom is 0.329 e. The van der Waals surface area contributed by atoms with Crippen LogP contribution in [0.15, 0.2) is 15.7 Å². The molecule has 2 rings (SSSR count). The minimum absolute atomic E-state index is 0.0978. The van der Waals surface area contributed by atoms with Gasteiger partial charge in [0.2, 0.25) is 5.82 Å². The van der Waals surface area contributed by atoms with Gasteiger partial charge in [0.1, 0.15) is 0 Å². The lowest BCUT2D eigenvalue weighted by Gasteiger charge is -2.06. The highest BCUT2D eigenvalue weighted by atomic mass is 35.5. The van der Waals surface area contributed by atoms with Crippen LogP contribution in [-0.2, 0) is 13.1 Å². The Balaban J connectivity index is 2.13. The van der Waals surface area contributed by atoms with E-state index >= 15 is 0 Å². The Bertz CT molecular complexity index is 747. The van der Waals surface area contributed by atoms with Gasteiger partial charge >= 0.3 is 5.69 Å². The van der Waals surface area contributed by atoms with E-state index < -0.39 is 22.2 Å². The third-order valence-electron chi connectivity index (χ3n) is 2.94. The summed E-state index contributed by atoms with van der Waals surface area (Å²) in [5.74, 6) is -1.14. The average Bonchev–Trinajstić information content (AvgIpc) is 2.69. The van der Waals surface area contributed by atoms with Crippen LogP contribution in [0.5, 0.6) is 0 Å². The molecule has 0 saturated carbocycles. The first-order valence-corrected chi connectivity index (χ1v) is 6.47.